The molecule has 0 saturated carbocycles. The predicted octanol–water partition coefficient (Wildman–Crippen LogP) is 1.33. The number of Topliss-reactive ketones (excluding diaryl/α,β-unsaturated/α-hetero) is 1. The second-order valence-electron chi connectivity index (χ2n) is 4.26. The summed E-state index contributed by atoms with van der Waals surface area (Å²) in [6.45, 7) is 5.84. The number of nitrogens with zero attached hydrogens (tertiary/aromatic N) is 1. The second kappa shape index (κ2) is 9.33. The Hall–Kier alpha value is -0.900. The molecule has 0 radical (unpaired) electrons. The lowest BCUT2D eigenvalue weighted by Gasteiger charge is -2.20. The van der Waals surface area contributed by atoms with Crippen LogP contribution in [0.25, 0.3) is 0 Å². The molecule has 0 fully saturated rings. The van der Waals surface area contributed by atoms with Gasteiger partial charge in [0.15, 0.2) is 0 Å². The number of amides is 1. The van der Waals surface area contributed by atoms with Gasteiger partial charge in [-0.1, -0.05) is 13.3 Å². The molecule has 1 amide bonds. The average molecular weight is 228 g/mol. The molecule has 16 heavy (non-hydrogen) atoms. The van der Waals surface area contributed by atoms with E-state index in [4.69, 9.17) is 5.73 Å². The van der Waals surface area contributed by atoms with Crippen molar-refractivity contribution in [1.29, 1.82) is 0 Å². The van der Waals surface area contributed by atoms with Crippen molar-refractivity contribution in [2.75, 3.05) is 19.6 Å². The second-order valence-corrected chi connectivity index (χ2v) is 4.26. The highest BCUT2D eigenvalue weighted by Gasteiger charge is 2.07. The summed E-state index contributed by atoms with van der Waals surface area (Å²) in [6, 6.07) is 0. The molecular weight excluding hydrogens is 204 g/mol. The molecule has 0 rings (SSSR count). The van der Waals surface area contributed by atoms with Gasteiger partial charge in [-0.15, -0.1) is 0 Å². The lowest BCUT2D eigenvalue weighted by atomic mass is 10.2. The topological polar surface area (TPSA) is 63.4 Å². The van der Waals surface area contributed by atoms with Crippen molar-refractivity contribution in [3.63, 3.8) is 0 Å². The van der Waals surface area contributed by atoms with Gasteiger partial charge in [0, 0.05) is 6.42 Å². The van der Waals surface area contributed by atoms with Crippen LogP contribution in [-0.2, 0) is 9.59 Å². The maximum Gasteiger partial charge on any atom is 0.231 e. The molecule has 0 bridgehead atoms. The molecule has 94 valence electrons. The van der Waals surface area contributed by atoms with Gasteiger partial charge in [-0.2, -0.15) is 0 Å². The van der Waals surface area contributed by atoms with Crippen molar-refractivity contribution in [1.82, 2.24) is 4.90 Å². The first-order valence-electron chi connectivity index (χ1n) is 6.06. The maximum atomic E-state index is 10.8. The molecule has 0 aromatic carbocycles. The zero-order valence-electron chi connectivity index (χ0n) is 10.5. The Morgan fingerprint density at radius 3 is 2.25 bits per heavy atom. The van der Waals surface area contributed by atoms with Gasteiger partial charge in [0.05, 0.1) is 6.54 Å². The first kappa shape index (κ1) is 15.1. The van der Waals surface area contributed by atoms with Gasteiger partial charge in [-0.25, -0.2) is 0 Å². The number of carbonyl (C=O) groups excluding carboxylic acids is 2. The summed E-state index contributed by atoms with van der Waals surface area (Å²) in [5, 5.41) is 0. The van der Waals surface area contributed by atoms with Gasteiger partial charge in [-0.05, 0) is 39.3 Å². The van der Waals surface area contributed by atoms with E-state index in [1.165, 1.54) is 0 Å². The molecule has 0 aliphatic carbocycles. The zero-order valence-corrected chi connectivity index (χ0v) is 10.5. The van der Waals surface area contributed by atoms with Crippen LogP contribution in [0.3, 0.4) is 0 Å². The summed E-state index contributed by atoms with van der Waals surface area (Å²) in [6.07, 6.45) is 4.69. The molecule has 2 N–H and O–H groups in total. The quantitative estimate of drug-likeness (QED) is 0.574. The summed E-state index contributed by atoms with van der Waals surface area (Å²) in [4.78, 5) is 23.7. The number of hydrogen-bond donors (Lipinski definition) is 1. The van der Waals surface area contributed by atoms with Crippen molar-refractivity contribution in [2.45, 2.75) is 46.0 Å². The Morgan fingerprint density at radius 1 is 1.12 bits per heavy atom. The number of carbonyl (C=O) groups is 2. The Balaban J connectivity index is 3.72. The van der Waals surface area contributed by atoms with Crippen LogP contribution in [-0.4, -0.2) is 36.2 Å². The van der Waals surface area contributed by atoms with E-state index in [1.54, 1.807) is 6.92 Å². The minimum Gasteiger partial charge on any atom is -0.369 e. The van der Waals surface area contributed by atoms with Gasteiger partial charge in [-0.3, -0.25) is 9.69 Å². The number of ketones is 1. The highest BCUT2D eigenvalue weighted by molar-refractivity contribution is 5.76. The number of unbranched alkanes of at least 4 members (excludes halogenated alkanes) is 2. The molecule has 0 unspecified atom stereocenters. The smallest absolute Gasteiger partial charge is 0.231 e. The third-order valence-electron chi connectivity index (χ3n) is 2.46. The van der Waals surface area contributed by atoms with E-state index in [1.807, 2.05) is 0 Å². The molecule has 4 heteroatoms. The number of rotatable bonds is 10. The normalized spacial score (nSPS) is 10.7. The standard InChI is InChI=1S/C12H24N2O2/c1-3-4-8-14(10-12(13)16)9-6-5-7-11(2)15/h3-10H2,1-2H3,(H2,13,16). The van der Waals surface area contributed by atoms with Gasteiger partial charge >= 0.3 is 0 Å². The molecule has 0 aromatic rings. The van der Waals surface area contributed by atoms with Crippen LogP contribution in [0.1, 0.15) is 46.0 Å². The Kier molecular flexibility index (Phi) is 8.81. The highest BCUT2D eigenvalue weighted by Crippen LogP contribution is 2.01. The molecule has 4 nitrogen and oxygen atoms in total. The van der Waals surface area contributed by atoms with Crippen LogP contribution in [0.15, 0.2) is 0 Å². The number of primary amides is 1. The summed E-state index contributed by atoms with van der Waals surface area (Å²) in [5.41, 5.74) is 5.18. The van der Waals surface area contributed by atoms with Crippen molar-refractivity contribution in [2.24, 2.45) is 5.73 Å². The summed E-state index contributed by atoms with van der Waals surface area (Å²) >= 11 is 0. The highest BCUT2D eigenvalue weighted by atomic mass is 16.1. The van der Waals surface area contributed by atoms with Crippen molar-refractivity contribution < 1.29 is 9.59 Å². The minimum atomic E-state index is -0.275. The van der Waals surface area contributed by atoms with E-state index in [-0.39, 0.29) is 11.7 Å². The fraction of sp³-hybridized carbons (Fsp3) is 0.833. The molecule has 0 spiro atoms. The average Bonchev–Trinajstić information content (AvgIpc) is 2.19. The molecule has 0 aromatic heterocycles. The zero-order chi connectivity index (χ0) is 12.4. The van der Waals surface area contributed by atoms with E-state index >= 15 is 0 Å². The van der Waals surface area contributed by atoms with E-state index < -0.39 is 0 Å². The monoisotopic (exact) mass is 228 g/mol. The molecule has 0 aliphatic heterocycles. The first-order chi connectivity index (χ1) is 7.56. The Bertz CT molecular complexity index is 217. The molecule has 0 saturated heterocycles. The summed E-state index contributed by atoms with van der Waals surface area (Å²) < 4.78 is 0. The van der Waals surface area contributed by atoms with Gasteiger partial charge < -0.3 is 10.5 Å². The first-order valence-corrected chi connectivity index (χ1v) is 6.06. The van der Waals surface area contributed by atoms with Crippen LogP contribution >= 0.6 is 0 Å². The largest absolute Gasteiger partial charge is 0.369 e. The molecule has 0 atom stereocenters. The van der Waals surface area contributed by atoms with Crippen LogP contribution in [0.2, 0.25) is 0 Å². The van der Waals surface area contributed by atoms with Crippen LogP contribution < -0.4 is 5.73 Å². The minimum absolute atomic E-state index is 0.231. The summed E-state index contributed by atoms with van der Waals surface area (Å²) in [7, 11) is 0. The Labute approximate surface area is 98.2 Å². The maximum absolute atomic E-state index is 10.8. The fourth-order valence-corrected chi connectivity index (χ4v) is 1.58. The third-order valence-corrected chi connectivity index (χ3v) is 2.46. The SMILES string of the molecule is CCCCN(CCCCC(C)=O)CC(N)=O. The van der Waals surface area contributed by atoms with Gasteiger partial charge in [0.25, 0.3) is 0 Å². The van der Waals surface area contributed by atoms with E-state index in [9.17, 15) is 9.59 Å². The van der Waals surface area contributed by atoms with Crippen LogP contribution in [0.5, 0.6) is 0 Å². The number of hydrogen-bond acceptors (Lipinski definition) is 3. The van der Waals surface area contributed by atoms with E-state index in [2.05, 4.69) is 11.8 Å². The van der Waals surface area contributed by atoms with Crippen LogP contribution in [0.4, 0.5) is 0 Å². The van der Waals surface area contributed by atoms with E-state index in [0.717, 1.165) is 38.8 Å². The van der Waals surface area contributed by atoms with Gasteiger partial charge in [0.2, 0.25) is 5.91 Å². The Morgan fingerprint density at radius 2 is 1.75 bits per heavy atom. The molecule has 0 heterocycles. The lowest BCUT2D eigenvalue weighted by molar-refractivity contribution is -0.119. The lowest BCUT2D eigenvalue weighted by Crippen LogP contribution is -2.35. The van der Waals surface area contributed by atoms with E-state index in [0.29, 0.717) is 13.0 Å². The van der Waals surface area contributed by atoms with Gasteiger partial charge in [0.1, 0.15) is 5.78 Å². The van der Waals surface area contributed by atoms with Crippen molar-refractivity contribution in [3.8, 4) is 0 Å². The molecule has 0 aliphatic rings. The molecular formula is C12H24N2O2. The van der Waals surface area contributed by atoms with Crippen molar-refractivity contribution in [3.05, 3.63) is 0 Å². The van der Waals surface area contributed by atoms with Crippen LogP contribution in [0, 0.1) is 0 Å². The van der Waals surface area contributed by atoms with Crippen molar-refractivity contribution >= 4 is 11.7 Å². The summed E-state index contributed by atoms with van der Waals surface area (Å²) in [5.74, 6) is -0.0438. The fourth-order valence-electron chi connectivity index (χ4n) is 1.58. The number of nitrogens with two attached hydrogens (primary N) is 1. The third kappa shape index (κ3) is 9.65. The predicted molar refractivity (Wildman–Crippen MR) is 65.1 cm³/mol.